The highest BCUT2D eigenvalue weighted by molar-refractivity contribution is 7.91. The van der Waals surface area contributed by atoms with E-state index < -0.39 is 51.9 Å². The molecule has 248 valence electrons. The van der Waals surface area contributed by atoms with Crippen molar-refractivity contribution in [3.8, 4) is 12.3 Å². The van der Waals surface area contributed by atoms with Crippen molar-refractivity contribution in [2.24, 2.45) is 17.8 Å². The van der Waals surface area contributed by atoms with Crippen molar-refractivity contribution in [1.29, 1.82) is 0 Å². The molecule has 0 aliphatic heterocycles. The van der Waals surface area contributed by atoms with Crippen LogP contribution in [0.25, 0.3) is 0 Å². The lowest BCUT2D eigenvalue weighted by atomic mass is 9.82. The van der Waals surface area contributed by atoms with Crippen molar-refractivity contribution in [3.63, 3.8) is 0 Å². The van der Waals surface area contributed by atoms with Gasteiger partial charge in [0.1, 0.15) is 12.1 Å². The highest BCUT2D eigenvalue weighted by atomic mass is 32.2. The zero-order chi connectivity index (χ0) is 32.7. The third kappa shape index (κ3) is 13.7. The zero-order valence-electron chi connectivity index (χ0n) is 27.1. The number of nitrogens with one attached hydrogen (secondary N) is 2. The van der Waals surface area contributed by atoms with E-state index in [1.807, 2.05) is 63.1 Å². The Bertz CT molecular complexity index is 1150. The molecule has 2 rings (SSSR count). The molecule has 1 saturated carbocycles. The van der Waals surface area contributed by atoms with E-state index in [9.17, 15) is 28.2 Å². The van der Waals surface area contributed by atoms with Gasteiger partial charge in [-0.15, -0.1) is 12.3 Å². The number of benzene rings is 1. The Labute approximate surface area is 265 Å². The van der Waals surface area contributed by atoms with E-state index in [4.69, 9.17) is 6.42 Å². The lowest BCUT2D eigenvalue weighted by Crippen LogP contribution is -2.56. The minimum atomic E-state index is -3.59. The molecule has 2 amide bonds. The minimum absolute atomic E-state index is 0.0797. The van der Waals surface area contributed by atoms with Crippen LogP contribution >= 0.6 is 0 Å². The van der Waals surface area contributed by atoms with E-state index in [0.29, 0.717) is 31.8 Å². The molecule has 0 radical (unpaired) electrons. The lowest BCUT2D eigenvalue weighted by Gasteiger charge is -2.33. The number of nitrogens with zero attached hydrogens (tertiary/aromatic N) is 1. The van der Waals surface area contributed by atoms with Crippen LogP contribution in [0.2, 0.25) is 0 Å². The molecule has 1 fully saturated rings. The summed E-state index contributed by atoms with van der Waals surface area (Å²) >= 11 is 0. The first-order valence-corrected chi connectivity index (χ1v) is 18.0. The fourth-order valence-corrected chi connectivity index (χ4v) is 7.46. The number of carbonyl (C=O) groups excluding carboxylic acids is 2. The molecule has 10 heteroatoms. The second-order valence-corrected chi connectivity index (χ2v) is 15.1. The summed E-state index contributed by atoms with van der Waals surface area (Å²) in [5.74, 6) is 0.414. The van der Waals surface area contributed by atoms with Gasteiger partial charge in [0, 0.05) is 13.0 Å². The number of amides is 2. The highest BCUT2D eigenvalue weighted by Crippen LogP contribution is 2.29. The Balaban J connectivity index is 2.24. The molecule has 0 heterocycles. The molecule has 5 atom stereocenters. The van der Waals surface area contributed by atoms with E-state index in [1.165, 1.54) is 0 Å². The van der Waals surface area contributed by atoms with Crippen molar-refractivity contribution in [2.75, 3.05) is 31.6 Å². The van der Waals surface area contributed by atoms with Gasteiger partial charge in [-0.25, -0.2) is 8.42 Å². The summed E-state index contributed by atoms with van der Waals surface area (Å²) in [6.07, 6.45) is 9.71. The molecule has 44 heavy (non-hydrogen) atoms. The molecule has 0 aromatic heterocycles. The van der Waals surface area contributed by atoms with Gasteiger partial charge in [0.2, 0.25) is 11.8 Å². The molecule has 1 aromatic rings. The van der Waals surface area contributed by atoms with Gasteiger partial charge in [-0.05, 0) is 50.3 Å². The summed E-state index contributed by atoms with van der Waals surface area (Å²) in [5.41, 5.74) is 0.807. The summed E-state index contributed by atoms with van der Waals surface area (Å²) in [7, 11) is -1.75. The van der Waals surface area contributed by atoms with Crippen LogP contribution < -0.4 is 10.6 Å². The van der Waals surface area contributed by atoms with Crippen molar-refractivity contribution < 1.29 is 28.2 Å². The van der Waals surface area contributed by atoms with Crippen LogP contribution in [0.3, 0.4) is 0 Å². The second kappa shape index (κ2) is 19.2. The molecule has 9 nitrogen and oxygen atoms in total. The standard InChI is InChI=1S/C34H55N3O6S/c1-6-14-29(34(41)36-30(23-27-17-12-9-13-18-27)32(39)31(38)21-25(3)4)35-33(40)28(22-26-15-10-8-11-16-26)24-44(42,43)20-19-37(5)7-2/h1,8,10-11,15-16,25,27-32,38-39H,7,9,12-14,17-24H2,2-5H3,(H,35,40)(H,36,41)/t28?,29-,30?,31?,32+/m0/s1. The average Bonchev–Trinajstić information content (AvgIpc) is 2.99. The van der Waals surface area contributed by atoms with Crippen molar-refractivity contribution in [1.82, 2.24) is 15.5 Å². The summed E-state index contributed by atoms with van der Waals surface area (Å²) in [6.45, 7) is 6.92. The number of aliphatic hydroxyl groups excluding tert-OH is 2. The van der Waals surface area contributed by atoms with Gasteiger partial charge < -0.3 is 25.7 Å². The number of hydrogen-bond acceptors (Lipinski definition) is 7. The summed E-state index contributed by atoms with van der Waals surface area (Å²) in [4.78, 5) is 29.2. The predicted molar refractivity (Wildman–Crippen MR) is 175 cm³/mol. The number of carbonyl (C=O) groups is 2. The van der Waals surface area contributed by atoms with E-state index in [-0.39, 0.29) is 30.3 Å². The first-order chi connectivity index (χ1) is 20.8. The summed E-state index contributed by atoms with van der Waals surface area (Å²) in [5, 5.41) is 27.5. The van der Waals surface area contributed by atoms with Crippen molar-refractivity contribution in [2.45, 2.75) is 103 Å². The molecule has 0 saturated heterocycles. The van der Waals surface area contributed by atoms with Crippen LogP contribution in [0.4, 0.5) is 0 Å². The largest absolute Gasteiger partial charge is 0.390 e. The molecule has 1 aliphatic rings. The maximum Gasteiger partial charge on any atom is 0.243 e. The van der Waals surface area contributed by atoms with E-state index in [0.717, 1.165) is 37.7 Å². The van der Waals surface area contributed by atoms with E-state index in [1.54, 1.807) is 0 Å². The van der Waals surface area contributed by atoms with Gasteiger partial charge in [-0.3, -0.25) is 9.59 Å². The second-order valence-electron chi connectivity index (χ2n) is 12.9. The maximum absolute atomic E-state index is 13.7. The molecule has 3 unspecified atom stereocenters. The molecule has 0 spiro atoms. The maximum atomic E-state index is 13.7. The Kier molecular flexibility index (Phi) is 16.4. The lowest BCUT2D eigenvalue weighted by molar-refractivity contribution is -0.132. The molecule has 0 bridgehead atoms. The third-order valence-electron chi connectivity index (χ3n) is 8.59. The Morgan fingerprint density at radius 2 is 1.73 bits per heavy atom. The summed E-state index contributed by atoms with van der Waals surface area (Å²) in [6, 6.07) is 7.34. The molecular weight excluding hydrogens is 578 g/mol. The number of aliphatic hydroxyl groups is 2. The van der Waals surface area contributed by atoms with Crippen molar-refractivity contribution in [3.05, 3.63) is 35.9 Å². The van der Waals surface area contributed by atoms with Gasteiger partial charge >= 0.3 is 0 Å². The fourth-order valence-electron chi connectivity index (χ4n) is 5.83. The third-order valence-corrected chi connectivity index (χ3v) is 10.3. The topological polar surface area (TPSA) is 136 Å². The van der Waals surface area contributed by atoms with Gasteiger partial charge in [0.15, 0.2) is 9.84 Å². The Morgan fingerprint density at radius 3 is 2.32 bits per heavy atom. The first kappa shape index (κ1) is 37.7. The van der Waals surface area contributed by atoms with Crippen LogP contribution in [-0.4, -0.2) is 91.3 Å². The van der Waals surface area contributed by atoms with Crippen LogP contribution in [0.1, 0.15) is 77.7 Å². The number of sulfone groups is 1. The molecule has 1 aliphatic carbocycles. The molecule has 1 aromatic carbocycles. The van der Waals surface area contributed by atoms with Gasteiger partial charge in [-0.2, -0.15) is 0 Å². The van der Waals surface area contributed by atoms with Gasteiger partial charge in [-0.1, -0.05) is 83.2 Å². The number of hydrogen-bond donors (Lipinski definition) is 4. The molecular formula is C34H55N3O6S. The Morgan fingerprint density at radius 1 is 1.07 bits per heavy atom. The number of rotatable bonds is 19. The minimum Gasteiger partial charge on any atom is -0.390 e. The van der Waals surface area contributed by atoms with E-state index >= 15 is 0 Å². The average molecular weight is 634 g/mol. The monoisotopic (exact) mass is 633 g/mol. The highest BCUT2D eigenvalue weighted by Gasteiger charge is 2.34. The normalized spacial score (nSPS) is 17.8. The van der Waals surface area contributed by atoms with Crippen LogP contribution in [0.5, 0.6) is 0 Å². The quantitative estimate of drug-likeness (QED) is 0.172. The molecule has 4 N–H and O–H groups in total. The van der Waals surface area contributed by atoms with Gasteiger partial charge in [0.05, 0.1) is 29.6 Å². The van der Waals surface area contributed by atoms with Crippen molar-refractivity contribution >= 4 is 21.7 Å². The fraction of sp³-hybridized carbons (Fsp3) is 0.706. The van der Waals surface area contributed by atoms with Crippen LogP contribution in [0, 0.1) is 30.1 Å². The number of terminal acetylenes is 1. The first-order valence-electron chi connectivity index (χ1n) is 16.2. The summed E-state index contributed by atoms with van der Waals surface area (Å²) < 4.78 is 26.2. The zero-order valence-corrected chi connectivity index (χ0v) is 27.9. The smallest absolute Gasteiger partial charge is 0.243 e. The Hall–Kier alpha value is -2.45. The van der Waals surface area contributed by atoms with E-state index in [2.05, 4.69) is 16.6 Å². The predicted octanol–water partition coefficient (Wildman–Crippen LogP) is 2.94. The van der Waals surface area contributed by atoms with Crippen LogP contribution in [-0.2, 0) is 25.8 Å². The van der Waals surface area contributed by atoms with Gasteiger partial charge in [0.25, 0.3) is 0 Å². The SMILES string of the molecule is C#CC[C@H](NC(=O)C(Cc1ccccc1)CS(=O)(=O)CCN(C)CC)C(=O)NC(CC1CCCCC1)[C@@H](O)C(O)CC(C)C. The van der Waals surface area contributed by atoms with Crippen LogP contribution in [0.15, 0.2) is 30.3 Å².